The van der Waals surface area contributed by atoms with Crippen LogP contribution in [0.15, 0.2) is 18.2 Å². The van der Waals surface area contributed by atoms with E-state index in [0.29, 0.717) is 49.7 Å². The standard InChI is InChI=1S/C21H31NO5/c1-13(2)12-27-18-10-9-17(11-19(18)26-4)14(3)22-20(23)15-5-7-16(8-6-15)21(24)25/h9-11,13-16H,5-8,12H2,1-4H3,(H,22,23)(H,24,25). The first kappa shape index (κ1) is 21.1. The molecule has 0 radical (unpaired) electrons. The summed E-state index contributed by atoms with van der Waals surface area (Å²) in [6.07, 6.45) is 2.39. The van der Waals surface area contributed by atoms with Gasteiger partial charge in [0, 0.05) is 5.92 Å². The SMILES string of the molecule is COc1cc(C(C)NC(=O)C2CCC(C(=O)O)CC2)ccc1OCC(C)C. The number of hydrogen-bond acceptors (Lipinski definition) is 4. The highest BCUT2D eigenvalue weighted by atomic mass is 16.5. The normalized spacial score (nSPS) is 20.8. The van der Waals surface area contributed by atoms with E-state index in [0.717, 1.165) is 5.56 Å². The minimum Gasteiger partial charge on any atom is -0.493 e. The van der Waals surface area contributed by atoms with Crippen molar-refractivity contribution in [1.82, 2.24) is 5.32 Å². The quantitative estimate of drug-likeness (QED) is 0.720. The van der Waals surface area contributed by atoms with Gasteiger partial charge in [-0.3, -0.25) is 9.59 Å². The molecule has 1 aliphatic rings. The summed E-state index contributed by atoms with van der Waals surface area (Å²) in [7, 11) is 1.60. The first-order valence-electron chi connectivity index (χ1n) is 9.65. The summed E-state index contributed by atoms with van der Waals surface area (Å²) in [6, 6.07) is 5.53. The van der Waals surface area contributed by atoms with Crippen LogP contribution in [0.3, 0.4) is 0 Å². The summed E-state index contributed by atoms with van der Waals surface area (Å²) >= 11 is 0. The third kappa shape index (κ3) is 5.88. The molecule has 6 heteroatoms. The maximum atomic E-state index is 12.5. The first-order chi connectivity index (χ1) is 12.8. The fourth-order valence-corrected chi connectivity index (χ4v) is 3.35. The molecule has 0 saturated heterocycles. The van der Waals surface area contributed by atoms with E-state index in [-0.39, 0.29) is 23.8 Å². The van der Waals surface area contributed by atoms with Gasteiger partial charge < -0.3 is 19.9 Å². The molecular formula is C21H31NO5. The number of carbonyl (C=O) groups is 2. The van der Waals surface area contributed by atoms with Crippen LogP contribution in [-0.2, 0) is 9.59 Å². The van der Waals surface area contributed by atoms with Crippen molar-refractivity contribution in [2.75, 3.05) is 13.7 Å². The molecule has 6 nitrogen and oxygen atoms in total. The van der Waals surface area contributed by atoms with Crippen LogP contribution < -0.4 is 14.8 Å². The maximum absolute atomic E-state index is 12.5. The van der Waals surface area contributed by atoms with E-state index in [1.54, 1.807) is 7.11 Å². The third-order valence-electron chi connectivity index (χ3n) is 5.07. The monoisotopic (exact) mass is 377 g/mol. The molecule has 27 heavy (non-hydrogen) atoms. The van der Waals surface area contributed by atoms with Crippen molar-refractivity contribution >= 4 is 11.9 Å². The Balaban J connectivity index is 1.95. The molecule has 1 aliphatic carbocycles. The zero-order valence-electron chi connectivity index (χ0n) is 16.7. The van der Waals surface area contributed by atoms with Crippen LogP contribution >= 0.6 is 0 Å². The summed E-state index contributed by atoms with van der Waals surface area (Å²) in [5.74, 6) is 0.577. The van der Waals surface area contributed by atoms with Crippen molar-refractivity contribution < 1.29 is 24.2 Å². The molecule has 2 N–H and O–H groups in total. The van der Waals surface area contributed by atoms with Gasteiger partial charge in [0.15, 0.2) is 11.5 Å². The van der Waals surface area contributed by atoms with E-state index in [4.69, 9.17) is 14.6 Å². The second kappa shape index (κ2) is 9.62. The van der Waals surface area contributed by atoms with Gasteiger partial charge in [-0.15, -0.1) is 0 Å². The average molecular weight is 377 g/mol. The minimum atomic E-state index is -0.755. The lowest BCUT2D eigenvalue weighted by molar-refractivity contribution is -0.144. The molecule has 1 saturated carbocycles. The number of methoxy groups -OCH3 is 1. The molecule has 0 bridgehead atoms. The van der Waals surface area contributed by atoms with Crippen molar-refractivity contribution in [2.24, 2.45) is 17.8 Å². The molecule has 0 spiro atoms. The minimum absolute atomic E-state index is 0.00885. The van der Waals surface area contributed by atoms with Gasteiger partial charge in [0.25, 0.3) is 0 Å². The largest absolute Gasteiger partial charge is 0.493 e. The van der Waals surface area contributed by atoms with Crippen LogP contribution in [-0.4, -0.2) is 30.7 Å². The van der Waals surface area contributed by atoms with Gasteiger partial charge >= 0.3 is 5.97 Å². The number of rotatable bonds is 8. The van der Waals surface area contributed by atoms with Crippen LogP contribution in [0.25, 0.3) is 0 Å². The van der Waals surface area contributed by atoms with Crippen LogP contribution in [0.5, 0.6) is 11.5 Å². The zero-order valence-corrected chi connectivity index (χ0v) is 16.7. The van der Waals surface area contributed by atoms with Gasteiger partial charge in [-0.1, -0.05) is 19.9 Å². The van der Waals surface area contributed by atoms with Crippen molar-refractivity contribution in [3.63, 3.8) is 0 Å². The van der Waals surface area contributed by atoms with Gasteiger partial charge in [0.1, 0.15) is 0 Å². The molecule has 0 aliphatic heterocycles. The number of carbonyl (C=O) groups excluding carboxylic acids is 1. The first-order valence-corrected chi connectivity index (χ1v) is 9.65. The lowest BCUT2D eigenvalue weighted by Crippen LogP contribution is -2.35. The Morgan fingerprint density at radius 3 is 2.30 bits per heavy atom. The molecule has 2 rings (SSSR count). The summed E-state index contributed by atoms with van der Waals surface area (Å²) in [4.78, 5) is 23.6. The zero-order chi connectivity index (χ0) is 20.0. The summed E-state index contributed by atoms with van der Waals surface area (Å²) < 4.78 is 11.2. The summed E-state index contributed by atoms with van der Waals surface area (Å²) in [6.45, 7) is 6.72. The highest BCUT2D eigenvalue weighted by molar-refractivity contribution is 5.79. The third-order valence-corrected chi connectivity index (χ3v) is 5.07. The Bertz CT molecular complexity index is 650. The Morgan fingerprint density at radius 1 is 1.11 bits per heavy atom. The van der Waals surface area contributed by atoms with Crippen LogP contribution in [0.2, 0.25) is 0 Å². The molecule has 150 valence electrons. The van der Waals surface area contributed by atoms with E-state index in [1.807, 2.05) is 25.1 Å². The highest BCUT2D eigenvalue weighted by Crippen LogP contribution is 2.32. The van der Waals surface area contributed by atoms with E-state index < -0.39 is 5.97 Å². The predicted octanol–water partition coefficient (Wildman–Crippen LogP) is 3.80. The lowest BCUT2D eigenvalue weighted by atomic mass is 9.81. The number of amides is 1. The lowest BCUT2D eigenvalue weighted by Gasteiger charge is -2.27. The molecule has 1 aromatic carbocycles. The van der Waals surface area contributed by atoms with Gasteiger partial charge in [-0.25, -0.2) is 0 Å². The smallest absolute Gasteiger partial charge is 0.306 e. The van der Waals surface area contributed by atoms with Crippen molar-refractivity contribution in [3.8, 4) is 11.5 Å². The van der Waals surface area contributed by atoms with Gasteiger partial charge in [-0.05, 0) is 56.2 Å². The molecule has 1 aromatic rings. The Kier molecular flexibility index (Phi) is 7.51. The number of hydrogen-bond donors (Lipinski definition) is 2. The molecule has 1 fully saturated rings. The van der Waals surface area contributed by atoms with Crippen molar-refractivity contribution in [2.45, 2.75) is 52.5 Å². The molecule has 1 amide bonds. The Morgan fingerprint density at radius 2 is 1.74 bits per heavy atom. The second-order valence-electron chi connectivity index (χ2n) is 7.73. The fourth-order valence-electron chi connectivity index (χ4n) is 3.35. The van der Waals surface area contributed by atoms with Crippen molar-refractivity contribution in [1.29, 1.82) is 0 Å². The molecule has 0 heterocycles. The maximum Gasteiger partial charge on any atom is 0.306 e. The van der Waals surface area contributed by atoms with E-state index in [9.17, 15) is 9.59 Å². The Hall–Kier alpha value is -2.24. The predicted molar refractivity (Wildman–Crippen MR) is 103 cm³/mol. The summed E-state index contributed by atoms with van der Waals surface area (Å²) in [5, 5.41) is 12.1. The Labute approximate surface area is 161 Å². The van der Waals surface area contributed by atoms with Crippen LogP contribution in [0.1, 0.15) is 58.1 Å². The highest BCUT2D eigenvalue weighted by Gasteiger charge is 2.30. The van der Waals surface area contributed by atoms with Gasteiger partial charge in [-0.2, -0.15) is 0 Å². The van der Waals surface area contributed by atoms with Crippen LogP contribution in [0.4, 0.5) is 0 Å². The van der Waals surface area contributed by atoms with Gasteiger partial charge in [0.2, 0.25) is 5.91 Å². The van der Waals surface area contributed by atoms with Crippen molar-refractivity contribution in [3.05, 3.63) is 23.8 Å². The number of ether oxygens (including phenoxy) is 2. The molecule has 0 aromatic heterocycles. The fraction of sp³-hybridized carbons (Fsp3) is 0.619. The molecule has 1 atom stereocenters. The number of aliphatic carboxylic acids is 1. The summed E-state index contributed by atoms with van der Waals surface area (Å²) in [5.41, 5.74) is 0.941. The number of carboxylic acids is 1. The number of benzene rings is 1. The number of carboxylic acid groups (broad SMARTS) is 1. The topological polar surface area (TPSA) is 84.9 Å². The van der Waals surface area contributed by atoms with E-state index in [1.165, 1.54) is 0 Å². The van der Waals surface area contributed by atoms with Gasteiger partial charge in [0.05, 0.1) is 25.7 Å². The average Bonchev–Trinajstić information content (AvgIpc) is 2.66. The molecule has 1 unspecified atom stereocenters. The number of nitrogens with one attached hydrogen (secondary N) is 1. The van der Waals surface area contributed by atoms with Crippen LogP contribution in [0, 0.1) is 17.8 Å². The second-order valence-corrected chi connectivity index (χ2v) is 7.73. The van der Waals surface area contributed by atoms with E-state index >= 15 is 0 Å². The van der Waals surface area contributed by atoms with E-state index in [2.05, 4.69) is 19.2 Å². The molecular weight excluding hydrogens is 346 g/mol.